The van der Waals surface area contributed by atoms with Crippen molar-refractivity contribution >= 4 is 23.1 Å². The van der Waals surface area contributed by atoms with Gasteiger partial charge in [0.15, 0.2) is 5.82 Å². The molecule has 0 N–H and O–H groups in total. The fourth-order valence-corrected chi connectivity index (χ4v) is 4.03. The molecule has 5 nitrogen and oxygen atoms in total. The normalized spacial score (nSPS) is 14.4. The van der Waals surface area contributed by atoms with Gasteiger partial charge in [-0.15, -0.1) is 21.5 Å². The van der Waals surface area contributed by atoms with Crippen LogP contribution in [0.2, 0.25) is 0 Å². The smallest absolute Gasteiger partial charge is 0.227 e. The summed E-state index contributed by atoms with van der Waals surface area (Å²) in [7, 11) is 0. The molecule has 1 aliphatic heterocycles. The molecule has 0 radical (unpaired) electrons. The largest absolute Gasteiger partial charge is 0.352 e. The van der Waals surface area contributed by atoms with Gasteiger partial charge in [0.1, 0.15) is 5.69 Å². The Morgan fingerprint density at radius 3 is 2.56 bits per heavy atom. The molecule has 0 spiro atoms. The molecule has 6 heteroatoms. The van der Waals surface area contributed by atoms with E-state index in [1.165, 1.54) is 5.56 Å². The summed E-state index contributed by atoms with van der Waals surface area (Å²) in [4.78, 5) is 17.9. The zero-order valence-corrected chi connectivity index (χ0v) is 16.2. The molecule has 1 aliphatic rings. The molecule has 0 bridgehead atoms. The topological polar surface area (TPSA) is 49.3 Å². The molecule has 27 heavy (non-hydrogen) atoms. The zero-order valence-electron chi connectivity index (χ0n) is 15.3. The Morgan fingerprint density at radius 2 is 1.89 bits per heavy atom. The van der Waals surface area contributed by atoms with E-state index in [4.69, 9.17) is 0 Å². The van der Waals surface area contributed by atoms with Crippen molar-refractivity contribution < 1.29 is 4.79 Å². The van der Waals surface area contributed by atoms with Gasteiger partial charge >= 0.3 is 0 Å². The molecule has 3 aromatic rings. The number of amides is 1. The summed E-state index contributed by atoms with van der Waals surface area (Å²) in [6.45, 7) is 5.06. The lowest BCUT2D eigenvalue weighted by Gasteiger charge is -2.35. The number of rotatable bonds is 4. The summed E-state index contributed by atoms with van der Waals surface area (Å²) in [5.74, 6) is 1.07. The van der Waals surface area contributed by atoms with E-state index >= 15 is 0 Å². The number of piperazine rings is 1. The van der Waals surface area contributed by atoms with Gasteiger partial charge in [-0.25, -0.2) is 0 Å². The van der Waals surface area contributed by atoms with E-state index in [2.05, 4.69) is 34.2 Å². The number of aromatic nitrogens is 2. The van der Waals surface area contributed by atoms with Crippen molar-refractivity contribution in [1.82, 2.24) is 15.1 Å². The number of anilines is 1. The molecule has 1 aromatic carbocycles. The number of nitrogens with zero attached hydrogens (tertiary/aromatic N) is 4. The van der Waals surface area contributed by atoms with E-state index in [-0.39, 0.29) is 5.91 Å². The predicted octanol–water partition coefficient (Wildman–Crippen LogP) is 3.40. The zero-order chi connectivity index (χ0) is 18.6. The Morgan fingerprint density at radius 1 is 1.04 bits per heavy atom. The molecule has 0 atom stereocenters. The molecule has 1 saturated heterocycles. The first kappa shape index (κ1) is 17.7. The lowest BCUT2D eigenvalue weighted by molar-refractivity contribution is -0.130. The number of carbonyl (C=O) groups is 1. The number of carbonyl (C=O) groups excluding carboxylic acids is 1. The minimum absolute atomic E-state index is 0.194. The van der Waals surface area contributed by atoms with Crippen molar-refractivity contribution in [2.24, 2.45) is 0 Å². The first-order valence-corrected chi connectivity index (χ1v) is 10.0. The number of aryl methyl sites for hydroxylation is 1. The Labute approximate surface area is 163 Å². The quantitative estimate of drug-likeness (QED) is 0.698. The van der Waals surface area contributed by atoms with Crippen LogP contribution in [0.15, 0.2) is 53.9 Å². The van der Waals surface area contributed by atoms with Crippen molar-refractivity contribution in [3.63, 3.8) is 0 Å². The number of hydrogen-bond acceptors (Lipinski definition) is 5. The maximum atomic E-state index is 12.6. The third-order valence-electron chi connectivity index (χ3n) is 4.82. The molecule has 3 heterocycles. The van der Waals surface area contributed by atoms with Gasteiger partial charge in [0, 0.05) is 26.2 Å². The second kappa shape index (κ2) is 7.88. The Bertz CT molecular complexity index is 900. The minimum atomic E-state index is 0.194. The van der Waals surface area contributed by atoms with Crippen molar-refractivity contribution in [2.75, 3.05) is 31.1 Å². The van der Waals surface area contributed by atoms with Crippen LogP contribution in [0.5, 0.6) is 0 Å². The lowest BCUT2D eigenvalue weighted by atomic mass is 10.1. The fraction of sp³-hybridized carbons (Fsp3) is 0.286. The Hall–Kier alpha value is -2.73. The van der Waals surface area contributed by atoms with Gasteiger partial charge in [-0.2, -0.15) is 0 Å². The number of hydrogen-bond donors (Lipinski definition) is 0. The van der Waals surface area contributed by atoms with Crippen LogP contribution in [-0.2, 0) is 11.2 Å². The second-order valence-corrected chi connectivity index (χ2v) is 7.74. The molecule has 4 rings (SSSR count). The van der Waals surface area contributed by atoms with E-state index < -0.39 is 0 Å². The highest BCUT2D eigenvalue weighted by molar-refractivity contribution is 7.13. The predicted molar refractivity (Wildman–Crippen MR) is 109 cm³/mol. The highest BCUT2D eigenvalue weighted by atomic mass is 32.1. The average Bonchev–Trinajstić information content (AvgIpc) is 3.23. The van der Waals surface area contributed by atoms with Gasteiger partial charge < -0.3 is 9.80 Å². The average molecular weight is 379 g/mol. The highest BCUT2D eigenvalue weighted by Gasteiger charge is 2.22. The van der Waals surface area contributed by atoms with E-state index in [9.17, 15) is 4.79 Å². The number of thiophene rings is 1. The van der Waals surface area contributed by atoms with Crippen molar-refractivity contribution in [3.05, 3.63) is 65.0 Å². The van der Waals surface area contributed by atoms with E-state index in [1.807, 2.05) is 46.7 Å². The standard InChI is InChI=1S/C21H22N4OS/c1-16-4-2-5-17(14-16)15-21(26)25-11-9-24(10-12-25)20-8-7-18(22-23-20)19-6-3-13-27-19/h2-8,13-14H,9-12,15H2,1H3. The number of benzene rings is 1. The molecule has 1 fully saturated rings. The Balaban J connectivity index is 1.34. The molecule has 2 aromatic heterocycles. The highest BCUT2D eigenvalue weighted by Crippen LogP contribution is 2.23. The van der Waals surface area contributed by atoms with Gasteiger partial charge in [0.05, 0.1) is 11.3 Å². The van der Waals surface area contributed by atoms with Gasteiger partial charge in [-0.3, -0.25) is 4.79 Å². The Kier molecular flexibility index (Phi) is 5.16. The summed E-state index contributed by atoms with van der Waals surface area (Å²) in [6, 6.07) is 16.3. The summed E-state index contributed by atoms with van der Waals surface area (Å²) in [6.07, 6.45) is 0.469. The molecule has 0 aliphatic carbocycles. The van der Waals surface area contributed by atoms with Crippen molar-refractivity contribution in [1.29, 1.82) is 0 Å². The lowest BCUT2D eigenvalue weighted by Crippen LogP contribution is -2.49. The minimum Gasteiger partial charge on any atom is -0.352 e. The van der Waals surface area contributed by atoms with E-state index in [0.717, 1.165) is 48.1 Å². The maximum absolute atomic E-state index is 12.6. The van der Waals surface area contributed by atoms with E-state index in [0.29, 0.717) is 6.42 Å². The fourth-order valence-electron chi connectivity index (χ4n) is 3.34. The van der Waals surface area contributed by atoms with Crippen LogP contribution in [0.3, 0.4) is 0 Å². The first-order chi connectivity index (χ1) is 13.2. The molecular weight excluding hydrogens is 356 g/mol. The van der Waals surface area contributed by atoms with Gasteiger partial charge in [-0.05, 0) is 36.1 Å². The van der Waals surface area contributed by atoms with Crippen LogP contribution in [0.4, 0.5) is 5.82 Å². The molecule has 0 unspecified atom stereocenters. The second-order valence-electron chi connectivity index (χ2n) is 6.79. The summed E-state index contributed by atoms with van der Waals surface area (Å²) in [5.41, 5.74) is 3.17. The molecule has 1 amide bonds. The van der Waals surface area contributed by atoms with Crippen LogP contribution in [0.1, 0.15) is 11.1 Å². The van der Waals surface area contributed by atoms with Gasteiger partial charge in [0.2, 0.25) is 5.91 Å². The van der Waals surface area contributed by atoms with E-state index in [1.54, 1.807) is 11.3 Å². The molecule has 0 saturated carbocycles. The van der Waals surface area contributed by atoms with Crippen LogP contribution < -0.4 is 4.90 Å². The first-order valence-electron chi connectivity index (χ1n) is 9.15. The van der Waals surface area contributed by atoms with Crippen LogP contribution in [-0.4, -0.2) is 47.2 Å². The monoisotopic (exact) mass is 378 g/mol. The molecular formula is C21H22N4OS. The molecule has 138 valence electrons. The summed E-state index contributed by atoms with van der Waals surface area (Å²) >= 11 is 1.66. The van der Waals surface area contributed by atoms with Crippen LogP contribution in [0.25, 0.3) is 10.6 Å². The summed E-state index contributed by atoms with van der Waals surface area (Å²) < 4.78 is 0. The maximum Gasteiger partial charge on any atom is 0.227 e. The van der Waals surface area contributed by atoms with Crippen molar-refractivity contribution in [3.8, 4) is 10.6 Å². The van der Waals surface area contributed by atoms with Crippen LogP contribution >= 0.6 is 11.3 Å². The van der Waals surface area contributed by atoms with Gasteiger partial charge in [0.25, 0.3) is 0 Å². The third kappa shape index (κ3) is 4.17. The summed E-state index contributed by atoms with van der Waals surface area (Å²) in [5, 5.41) is 10.8. The van der Waals surface area contributed by atoms with Gasteiger partial charge in [-0.1, -0.05) is 35.9 Å². The SMILES string of the molecule is Cc1cccc(CC(=O)N2CCN(c3ccc(-c4cccs4)nn3)CC2)c1. The van der Waals surface area contributed by atoms with Crippen molar-refractivity contribution in [2.45, 2.75) is 13.3 Å². The third-order valence-corrected chi connectivity index (χ3v) is 5.71. The van der Waals surface area contributed by atoms with Crippen LogP contribution in [0, 0.1) is 6.92 Å².